The van der Waals surface area contributed by atoms with Crippen molar-refractivity contribution in [2.75, 3.05) is 6.54 Å². The van der Waals surface area contributed by atoms with E-state index in [1.165, 1.54) is 6.07 Å². The standard InChI is InChI=1S/C64H59N9O8/c1-3-51-52-31-50(20-21-56(52)70-58-53(51)39-73-57(58)32-55-54(61(73)76)40-80-63(78)64(55,79)4-2)81-62(77)43-15-13-14-42(30-43)60(75)69-27-22-41-28-44(33-71(35-46-16-5-9-23-65-46)36-47-17-6-10-24-66-47)59(74)45(29-41)34-72(37-48-18-7-11-25-67-48)38-49-19-8-12-26-68-49/h5-21,23-26,28-32,74,79H,3-4,22,27,33-40H2,1-2H3,(H,69,75)/t64-/m0/s1. The van der Waals surface area contributed by atoms with Crippen LogP contribution in [0.1, 0.15) is 103 Å². The Kier molecular flexibility index (Phi) is 15.6. The number of carbonyl (C=O) groups excluding carboxylic acids is 3. The van der Waals surface area contributed by atoms with Gasteiger partial charge in [-0.2, -0.15) is 0 Å². The third kappa shape index (κ3) is 11.6. The molecule has 0 bridgehead atoms. The van der Waals surface area contributed by atoms with E-state index in [0.29, 0.717) is 80.1 Å². The first-order valence-electron chi connectivity index (χ1n) is 27.1. The Morgan fingerprint density at radius 3 is 1.81 bits per heavy atom. The predicted octanol–water partition coefficient (Wildman–Crippen LogP) is 8.52. The molecule has 11 rings (SSSR count). The van der Waals surface area contributed by atoms with E-state index in [0.717, 1.165) is 44.9 Å². The summed E-state index contributed by atoms with van der Waals surface area (Å²) in [6.45, 7) is 6.68. The fourth-order valence-corrected chi connectivity index (χ4v) is 10.9. The second-order valence-electron chi connectivity index (χ2n) is 20.4. The molecule has 1 atom stereocenters. The monoisotopic (exact) mass is 1080 g/mol. The van der Waals surface area contributed by atoms with Crippen LogP contribution in [0, 0.1) is 0 Å². The van der Waals surface area contributed by atoms with Crippen LogP contribution in [0.2, 0.25) is 0 Å². The van der Waals surface area contributed by atoms with Crippen molar-refractivity contribution < 1.29 is 34.1 Å². The highest BCUT2D eigenvalue weighted by atomic mass is 16.6. The molecular formula is C64H59N9O8. The van der Waals surface area contributed by atoms with E-state index in [1.54, 1.807) is 78.7 Å². The minimum absolute atomic E-state index is 0.0381. The molecule has 0 saturated heterocycles. The van der Waals surface area contributed by atoms with Crippen LogP contribution in [0.5, 0.6) is 11.5 Å². The number of rotatable bonds is 20. The molecule has 81 heavy (non-hydrogen) atoms. The van der Waals surface area contributed by atoms with Crippen molar-refractivity contribution in [1.82, 2.24) is 44.6 Å². The predicted molar refractivity (Wildman–Crippen MR) is 302 cm³/mol. The van der Waals surface area contributed by atoms with Gasteiger partial charge in [-0.05, 0) is 121 Å². The number of amides is 1. The summed E-state index contributed by atoms with van der Waals surface area (Å²) < 4.78 is 12.8. The zero-order valence-corrected chi connectivity index (χ0v) is 44.9. The van der Waals surface area contributed by atoms with Crippen LogP contribution in [-0.2, 0) is 80.4 Å². The van der Waals surface area contributed by atoms with E-state index in [4.69, 9.17) is 14.5 Å². The Morgan fingerprint density at radius 2 is 1.27 bits per heavy atom. The quantitative estimate of drug-likeness (QED) is 0.0482. The molecule has 17 nitrogen and oxygen atoms in total. The molecule has 8 heterocycles. The molecule has 9 aromatic rings. The van der Waals surface area contributed by atoms with E-state index >= 15 is 0 Å². The van der Waals surface area contributed by atoms with E-state index in [-0.39, 0.29) is 71.3 Å². The van der Waals surface area contributed by atoms with Crippen molar-refractivity contribution in [3.63, 3.8) is 0 Å². The molecule has 408 valence electrons. The van der Waals surface area contributed by atoms with Gasteiger partial charge in [0.15, 0.2) is 5.60 Å². The number of carbonyl (C=O) groups is 3. The van der Waals surface area contributed by atoms with Gasteiger partial charge < -0.3 is 29.6 Å². The molecule has 2 aliphatic heterocycles. The number of benzene rings is 3. The first-order chi connectivity index (χ1) is 39.4. The number of fused-ring (bicyclic) bond motifs is 5. The number of hydrogen-bond acceptors (Lipinski definition) is 15. The topological polar surface area (TPSA) is 215 Å². The van der Waals surface area contributed by atoms with Crippen molar-refractivity contribution in [3.8, 4) is 22.9 Å². The average Bonchev–Trinajstić information content (AvgIpc) is 4.01. The first-order valence-corrected chi connectivity index (χ1v) is 27.1. The van der Waals surface area contributed by atoms with Gasteiger partial charge in [-0.3, -0.25) is 39.3 Å². The molecule has 0 fully saturated rings. The number of phenols is 1. The van der Waals surface area contributed by atoms with Gasteiger partial charge in [-0.15, -0.1) is 0 Å². The fraction of sp³-hybridized carbons (Fsp3) is 0.234. The Balaban J connectivity index is 0.815. The lowest BCUT2D eigenvalue weighted by Crippen LogP contribution is -2.44. The Labute approximate surface area is 467 Å². The summed E-state index contributed by atoms with van der Waals surface area (Å²) in [5.74, 6) is -1.38. The maximum absolute atomic E-state index is 13.9. The number of aromatic hydroxyl groups is 1. The van der Waals surface area contributed by atoms with Gasteiger partial charge >= 0.3 is 11.9 Å². The maximum atomic E-state index is 13.9. The largest absolute Gasteiger partial charge is 0.507 e. The highest BCUT2D eigenvalue weighted by molar-refractivity contribution is 5.99. The Hall–Kier alpha value is -9.29. The highest BCUT2D eigenvalue weighted by Crippen LogP contribution is 2.41. The SMILES string of the molecule is CCc1c2c(nc3ccc(OC(=O)c4cccc(C(=O)NCCc5cc(CN(Cc6ccccn6)Cc6ccccn6)c(O)c(CN(Cc6ccccn6)Cc6ccccn6)c5)c4)cc13)-c1cc3c(c(=O)n1C2)COC(=O)[C@]3(O)CC. The zero-order chi connectivity index (χ0) is 56.0. The maximum Gasteiger partial charge on any atom is 0.343 e. The molecule has 0 spiro atoms. The molecule has 0 radical (unpaired) electrons. The van der Waals surface area contributed by atoms with Crippen molar-refractivity contribution in [1.29, 1.82) is 0 Å². The molecule has 3 aromatic carbocycles. The van der Waals surface area contributed by atoms with Crippen LogP contribution in [0.4, 0.5) is 0 Å². The molecule has 3 N–H and O–H groups in total. The van der Waals surface area contributed by atoms with Crippen LogP contribution < -0.4 is 15.6 Å². The summed E-state index contributed by atoms with van der Waals surface area (Å²) in [4.78, 5) is 82.1. The summed E-state index contributed by atoms with van der Waals surface area (Å²) in [5.41, 5.74) is 7.90. The smallest absolute Gasteiger partial charge is 0.343 e. The summed E-state index contributed by atoms with van der Waals surface area (Å²) in [7, 11) is 0. The third-order valence-electron chi connectivity index (χ3n) is 15.0. The molecule has 0 aliphatic carbocycles. The van der Waals surface area contributed by atoms with E-state index in [9.17, 15) is 29.4 Å². The molecule has 0 saturated carbocycles. The van der Waals surface area contributed by atoms with Gasteiger partial charge in [0.1, 0.15) is 18.1 Å². The Bertz CT molecular complexity index is 3670. The third-order valence-corrected chi connectivity index (χ3v) is 15.0. The molecular weight excluding hydrogens is 1020 g/mol. The summed E-state index contributed by atoms with van der Waals surface area (Å²) in [6.07, 6.45) is 8.12. The van der Waals surface area contributed by atoms with E-state index in [1.807, 2.05) is 91.9 Å². The van der Waals surface area contributed by atoms with Gasteiger partial charge in [-0.25, -0.2) is 14.6 Å². The molecule has 17 heteroatoms. The summed E-state index contributed by atoms with van der Waals surface area (Å²) in [5, 5.41) is 27.4. The molecule has 2 aliphatic rings. The molecule has 0 unspecified atom stereocenters. The van der Waals surface area contributed by atoms with Crippen LogP contribution in [0.3, 0.4) is 0 Å². The van der Waals surface area contributed by atoms with Crippen LogP contribution in [-0.4, -0.2) is 73.9 Å². The van der Waals surface area contributed by atoms with E-state index < -0.39 is 17.5 Å². The first kappa shape index (κ1) is 53.7. The van der Waals surface area contributed by atoms with Crippen molar-refractivity contribution in [3.05, 3.63) is 241 Å². The van der Waals surface area contributed by atoms with Crippen LogP contribution >= 0.6 is 0 Å². The van der Waals surface area contributed by atoms with E-state index in [2.05, 4.69) is 35.1 Å². The zero-order valence-electron chi connectivity index (χ0n) is 44.9. The van der Waals surface area contributed by atoms with Crippen molar-refractivity contribution in [2.45, 2.75) is 91.1 Å². The fourth-order valence-electron chi connectivity index (χ4n) is 10.9. The minimum Gasteiger partial charge on any atom is -0.507 e. The number of aliphatic hydroxyl groups is 1. The number of pyridine rings is 6. The van der Waals surface area contributed by atoms with Gasteiger partial charge in [0.25, 0.3) is 11.5 Å². The Morgan fingerprint density at radius 1 is 0.691 bits per heavy atom. The van der Waals surface area contributed by atoms with Crippen molar-refractivity contribution >= 4 is 28.7 Å². The van der Waals surface area contributed by atoms with Gasteiger partial charge in [-0.1, -0.05) is 56.3 Å². The summed E-state index contributed by atoms with van der Waals surface area (Å²) in [6, 6.07) is 40.5. The number of esters is 2. The molecule has 6 aromatic heterocycles. The van der Waals surface area contributed by atoms with Crippen LogP contribution in [0.25, 0.3) is 22.3 Å². The second-order valence-corrected chi connectivity index (χ2v) is 20.4. The number of cyclic esters (lactones) is 1. The second kappa shape index (κ2) is 23.6. The van der Waals surface area contributed by atoms with Gasteiger partial charge in [0.05, 0.1) is 57.4 Å². The lowest BCUT2D eigenvalue weighted by atomic mass is 9.86. The highest BCUT2D eigenvalue weighted by Gasteiger charge is 2.45. The number of nitrogens with one attached hydrogen (secondary N) is 1. The number of hydrogen-bond donors (Lipinski definition) is 3. The molecule has 1 amide bonds. The lowest BCUT2D eigenvalue weighted by Gasteiger charge is -2.31. The number of nitrogens with zero attached hydrogens (tertiary/aromatic N) is 8. The average molecular weight is 1080 g/mol. The van der Waals surface area contributed by atoms with Gasteiger partial charge in [0.2, 0.25) is 0 Å². The number of aryl methyl sites for hydroxylation is 1. The minimum atomic E-state index is -1.94. The van der Waals surface area contributed by atoms with Crippen LogP contribution in [0.15, 0.2) is 163 Å². The number of ether oxygens (including phenoxy) is 2. The lowest BCUT2D eigenvalue weighted by molar-refractivity contribution is -0.172. The number of phenolic OH excluding ortho intramolecular Hbond substituents is 1. The normalized spacial score (nSPS) is 14.4. The van der Waals surface area contributed by atoms with Gasteiger partial charge in [0, 0.05) is 104 Å². The number of aromatic nitrogens is 6. The van der Waals surface area contributed by atoms with Crippen molar-refractivity contribution in [2.24, 2.45) is 0 Å². The summed E-state index contributed by atoms with van der Waals surface area (Å²) >= 11 is 0.